The summed E-state index contributed by atoms with van der Waals surface area (Å²) in [6, 6.07) is 24.1. The first-order chi connectivity index (χ1) is 16.5. The average molecular weight is 456 g/mol. The van der Waals surface area contributed by atoms with Crippen molar-refractivity contribution in [3.63, 3.8) is 0 Å². The molecule has 7 nitrogen and oxygen atoms in total. The van der Waals surface area contributed by atoms with Crippen molar-refractivity contribution in [2.75, 3.05) is 41.3 Å². The zero-order valence-corrected chi connectivity index (χ0v) is 19.6. The minimum atomic E-state index is -0.0809. The minimum absolute atomic E-state index is 0.0735. The molecular formula is C27H29N5O2. The molecule has 1 aliphatic heterocycles. The Morgan fingerprint density at radius 3 is 2.00 bits per heavy atom. The van der Waals surface area contributed by atoms with Gasteiger partial charge in [-0.15, -0.1) is 0 Å². The maximum atomic E-state index is 12.9. The van der Waals surface area contributed by atoms with Crippen LogP contribution in [0.1, 0.15) is 5.56 Å². The van der Waals surface area contributed by atoms with Gasteiger partial charge in [0.15, 0.2) is 0 Å². The Bertz CT molecular complexity index is 1370. The summed E-state index contributed by atoms with van der Waals surface area (Å²) in [6.07, 6.45) is 0.299. The third-order valence-corrected chi connectivity index (χ3v) is 6.61. The first-order valence-corrected chi connectivity index (χ1v) is 11.6. The molecule has 0 unspecified atom stereocenters. The SMILES string of the molecule is Cn1c(=O)n(C)c2cc(N3CCN(c4ccccc4)CC3)c(NC(=O)Cc3ccccc3)cc21. The van der Waals surface area contributed by atoms with Crippen LogP contribution in [0.4, 0.5) is 17.1 Å². The first kappa shape index (κ1) is 21.8. The van der Waals surface area contributed by atoms with Crippen LogP contribution in [0.5, 0.6) is 0 Å². The number of hydrogen-bond donors (Lipinski definition) is 1. The lowest BCUT2D eigenvalue weighted by molar-refractivity contribution is -0.115. The quantitative estimate of drug-likeness (QED) is 0.501. The van der Waals surface area contributed by atoms with Crippen LogP contribution in [0, 0.1) is 0 Å². The van der Waals surface area contributed by atoms with E-state index in [-0.39, 0.29) is 11.6 Å². The van der Waals surface area contributed by atoms with E-state index in [1.165, 1.54) is 5.69 Å². The Kier molecular flexibility index (Phi) is 5.84. The first-order valence-electron chi connectivity index (χ1n) is 11.6. The molecule has 0 saturated carbocycles. The summed E-state index contributed by atoms with van der Waals surface area (Å²) in [6.45, 7) is 3.41. The molecule has 2 heterocycles. The fourth-order valence-corrected chi connectivity index (χ4v) is 4.72. The molecule has 0 bridgehead atoms. The van der Waals surface area contributed by atoms with Crippen molar-refractivity contribution in [2.24, 2.45) is 14.1 Å². The van der Waals surface area contributed by atoms with Gasteiger partial charge in [0.2, 0.25) is 5.91 Å². The number of benzene rings is 3. The normalized spacial score (nSPS) is 13.9. The Morgan fingerprint density at radius 1 is 0.794 bits per heavy atom. The molecule has 0 spiro atoms. The third-order valence-electron chi connectivity index (χ3n) is 6.61. The van der Waals surface area contributed by atoms with Crippen LogP contribution in [0.2, 0.25) is 0 Å². The molecule has 34 heavy (non-hydrogen) atoms. The molecular weight excluding hydrogens is 426 g/mol. The van der Waals surface area contributed by atoms with Crippen molar-refractivity contribution in [3.8, 4) is 0 Å². The lowest BCUT2D eigenvalue weighted by Gasteiger charge is -2.38. The van der Waals surface area contributed by atoms with E-state index in [1.807, 2.05) is 48.5 Å². The van der Waals surface area contributed by atoms with Crippen molar-refractivity contribution in [1.82, 2.24) is 9.13 Å². The molecule has 1 amide bonds. The third kappa shape index (κ3) is 4.17. The van der Waals surface area contributed by atoms with E-state index in [0.717, 1.165) is 54.2 Å². The van der Waals surface area contributed by atoms with Crippen molar-refractivity contribution in [1.29, 1.82) is 0 Å². The number of carbonyl (C=O) groups excluding carboxylic acids is 1. The monoisotopic (exact) mass is 455 g/mol. The summed E-state index contributed by atoms with van der Waals surface area (Å²) in [5.41, 5.74) is 5.45. The van der Waals surface area contributed by atoms with E-state index in [0.29, 0.717) is 6.42 Å². The van der Waals surface area contributed by atoms with Gasteiger partial charge in [-0.2, -0.15) is 0 Å². The van der Waals surface area contributed by atoms with Crippen LogP contribution in [-0.2, 0) is 25.3 Å². The number of piperazine rings is 1. The van der Waals surface area contributed by atoms with E-state index >= 15 is 0 Å². The second kappa shape index (κ2) is 9.09. The Morgan fingerprint density at radius 2 is 1.35 bits per heavy atom. The zero-order chi connectivity index (χ0) is 23.7. The Hall–Kier alpha value is -4.00. The van der Waals surface area contributed by atoms with E-state index < -0.39 is 0 Å². The number of hydrogen-bond acceptors (Lipinski definition) is 4. The summed E-state index contributed by atoms with van der Waals surface area (Å²) in [5.74, 6) is -0.0735. The van der Waals surface area contributed by atoms with Crippen LogP contribution in [0.3, 0.4) is 0 Å². The number of imidazole rings is 1. The Labute approximate surface area is 198 Å². The van der Waals surface area contributed by atoms with E-state index in [9.17, 15) is 9.59 Å². The van der Waals surface area contributed by atoms with Crippen LogP contribution in [0.25, 0.3) is 11.0 Å². The van der Waals surface area contributed by atoms with Gasteiger partial charge in [-0.25, -0.2) is 4.79 Å². The fraction of sp³-hybridized carbons (Fsp3) is 0.259. The molecule has 1 saturated heterocycles. The largest absolute Gasteiger partial charge is 0.368 e. The van der Waals surface area contributed by atoms with Gasteiger partial charge in [0.05, 0.1) is 28.8 Å². The lowest BCUT2D eigenvalue weighted by Crippen LogP contribution is -2.46. The smallest absolute Gasteiger partial charge is 0.328 e. The van der Waals surface area contributed by atoms with E-state index in [4.69, 9.17) is 0 Å². The summed E-state index contributed by atoms with van der Waals surface area (Å²) >= 11 is 0. The lowest BCUT2D eigenvalue weighted by atomic mass is 10.1. The molecule has 174 valence electrons. The topological polar surface area (TPSA) is 62.5 Å². The number of nitrogens with zero attached hydrogens (tertiary/aromatic N) is 4. The molecule has 0 aliphatic carbocycles. The molecule has 0 atom stereocenters. The van der Waals surface area contributed by atoms with Gasteiger partial charge < -0.3 is 15.1 Å². The predicted molar refractivity (Wildman–Crippen MR) is 138 cm³/mol. The maximum Gasteiger partial charge on any atom is 0.328 e. The summed E-state index contributed by atoms with van der Waals surface area (Å²) in [4.78, 5) is 30.2. The number of aromatic nitrogens is 2. The highest BCUT2D eigenvalue weighted by Crippen LogP contribution is 2.32. The average Bonchev–Trinajstić information content (AvgIpc) is 3.08. The highest BCUT2D eigenvalue weighted by atomic mass is 16.2. The summed E-state index contributed by atoms with van der Waals surface area (Å²) < 4.78 is 3.29. The van der Waals surface area contributed by atoms with Gasteiger partial charge in [0.1, 0.15) is 0 Å². The van der Waals surface area contributed by atoms with Gasteiger partial charge in [-0.3, -0.25) is 13.9 Å². The molecule has 1 aliphatic rings. The van der Waals surface area contributed by atoms with E-state index in [2.05, 4.69) is 39.4 Å². The molecule has 5 rings (SSSR count). The predicted octanol–water partition coefficient (Wildman–Crippen LogP) is 3.38. The second-order valence-corrected chi connectivity index (χ2v) is 8.78. The molecule has 0 radical (unpaired) electrons. The molecule has 4 aromatic rings. The number of carbonyl (C=O) groups is 1. The minimum Gasteiger partial charge on any atom is -0.368 e. The number of fused-ring (bicyclic) bond motifs is 1. The summed E-state index contributed by atoms with van der Waals surface area (Å²) in [7, 11) is 3.55. The highest BCUT2D eigenvalue weighted by molar-refractivity contribution is 5.99. The number of amides is 1. The zero-order valence-electron chi connectivity index (χ0n) is 19.6. The standard InChI is InChI=1S/C27H29N5O2/c1-29-24-18-22(28-26(33)17-20-9-5-3-6-10-20)23(19-25(24)30(2)27(29)34)32-15-13-31(14-16-32)21-11-7-4-8-12-21/h3-12,18-19H,13-17H2,1-2H3,(H,28,33). The van der Waals surface area contributed by atoms with Gasteiger partial charge in [0.25, 0.3) is 0 Å². The van der Waals surface area contributed by atoms with E-state index in [1.54, 1.807) is 23.2 Å². The number of nitrogens with one attached hydrogen (secondary N) is 1. The van der Waals surface area contributed by atoms with Gasteiger partial charge in [-0.1, -0.05) is 48.5 Å². The number of para-hydroxylation sites is 1. The van der Waals surface area contributed by atoms with Crippen LogP contribution >= 0.6 is 0 Å². The second-order valence-electron chi connectivity index (χ2n) is 8.78. The number of rotatable bonds is 5. The van der Waals surface area contributed by atoms with Crippen molar-refractivity contribution >= 4 is 34.0 Å². The molecule has 3 aromatic carbocycles. The van der Waals surface area contributed by atoms with Crippen molar-refractivity contribution in [2.45, 2.75) is 6.42 Å². The molecule has 1 aromatic heterocycles. The van der Waals surface area contributed by atoms with Gasteiger partial charge in [-0.05, 0) is 29.8 Å². The fourth-order valence-electron chi connectivity index (χ4n) is 4.72. The van der Waals surface area contributed by atoms with Crippen LogP contribution in [-0.4, -0.2) is 41.2 Å². The van der Waals surface area contributed by atoms with Crippen LogP contribution in [0.15, 0.2) is 77.6 Å². The van der Waals surface area contributed by atoms with Gasteiger partial charge >= 0.3 is 5.69 Å². The molecule has 7 heteroatoms. The van der Waals surface area contributed by atoms with Crippen LogP contribution < -0.4 is 20.8 Å². The maximum absolute atomic E-state index is 12.9. The Balaban J connectivity index is 1.45. The van der Waals surface area contributed by atoms with Crippen molar-refractivity contribution in [3.05, 3.63) is 88.8 Å². The summed E-state index contributed by atoms with van der Waals surface area (Å²) in [5, 5.41) is 3.13. The molecule has 1 fully saturated rings. The highest BCUT2D eigenvalue weighted by Gasteiger charge is 2.22. The number of aryl methyl sites for hydroxylation is 2. The molecule has 1 N–H and O–H groups in total. The van der Waals surface area contributed by atoms with Crippen molar-refractivity contribution < 1.29 is 4.79 Å². The number of anilines is 3. The van der Waals surface area contributed by atoms with Gasteiger partial charge in [0, 0.05) is 46.0 Å².